The van der Waals surface area contributed by atoms with Crippen LogP contribution in [0, 0.1) is 5.82 Å². The molecule has 162 valence electrons. The van der Waals surface area contributed by atoms with Crippen LogP contribution in [-0.4, -0.2) is 56.7 Å². The van der Waals surface area contributed by atoms with E-state index in [1.807, 2.05) is 0 Å². The lowest BCUT2D eigenvalue weighted by Gasteiger charge is -2.19. The highest BCUT2D eigenvalue weighted by atomic mass is 35.5. The Labute approximate surface area is 184 Å². The first kappa shape index (κ1) is 24.1. The highest BCUT2D eigenvalue weighted by Gasteiger charge is 2.24. The molecule has 1 amide bonds. The first-order chi connectivity index (χ1) is 14.0. The highest BCUT2D eigenvalue weighted by molar-refractivity contribution is 7.89. The Morgan fingerprint density at radius 2 is 1.70 bits per heavy atom. The predicted molar refractivity (Wildman–Crippen MR) is 110 cm³/mol. The number of benzene rings is 2. The molecule has 0 spiro atoms. The molecule has 0 aliphatic heterocycles. The third kappa shape index (κ3) is 6.15. The maximum atomic E-state index is 13.8. The molecule has 2 aromatic rings. The zero-order valence-corrected chi connectivity index (χ0v) is 18.5. The van der Waals surface area contributed by atoms with E-state index >= 15 is 0 Å². The lowest BCUT2D eigenvalue weighted by molar-refractivity contribution is -0.151. The number of hydrogen-bond acceptors (Lipinski definition) is 5. The Kier molecular flexibility index (Phi) is 8.19. The lowest BCUT2D eigenvalue weighted by atomic mass is 10.2. The van der Waals surface area contributed by atoms with Gasteiger partial charge >= 0.3 is 5.97 Å². The van der Waals surface area contributed by atoms with Gasteiger partial charge in [0.25, 0.3) is 5.91 Å². The summed E-state index contributed by atoms with van der Waals surface area (Å²) in [5.41, 5.74) is 0.134. The largest absolute Gasteiger partial charge is 0.455 e. The molecule has 0 atom stereocenters. The lowest BCUT2D eigenvalue weighted by Crippen LogP contribution is -2.36. The van der Waals surface area contributed by atoms with Crippen LogP contribution < -0.4 is 0 Å². The number of ether oxygens (including phenoxy) is 1. The first-order valence-electron chi connectivity index (χ1n) is 8.56. The van der Waals surface area contributed by atoms with Crippen LogP contribution in [0.4, 0.5) is 4.39 Å². The smallest absolute Gasteiger partial charge is 0.321 e. The van der Waals surface area contributed by atoms with Crippen molar-refractivity contribution >= 4 is 45.1 Å². The molecular weight excluding hydrogens is 458 g/mol. The van der Waals surface area contributed by atoms with Gasteiger partial charge in [-0.05, 0) is 36.4 Å². The number of carbonyl (C=O) groups excluding carboxylic acids is 2. The number of sulfonamides is 1. The van der Waals surface area contributed by atoms with Gasteiger partial charge in [0.15, 0.2) is 6.61 Å². The van der Waals surface area contributed by atoms with Crippen molar-refractivity contribution in [2.24, 2.45) is 0 Å². The molecule has 0 aliphatic carbocycles. The molecule has 0 bridgehead atoms. The van der Waals surface area contributed by atoms with Crippen molar-refractivity contribution in [2.45, 2.75) is 11.4 Å². The molecule has 11 heteroatoms. The van der Waals surface area contributed by atoms with Crippen LogP contribution in [0.15, 0.2) is 47.4 Å². The fourth-order valence-electron chi connectivity index (χ4n) is 2.36. The summed E-state index contributed by atoms with van der Waals surface area (Å²) in [7, 11) is -1.33. The topological polar surface area (TPSA) is 84.0 Å². The first-order valence-corrected chi connectivity index (χ1v) is 10.8. The molecule has 2 rings (SSSR count). The van der Waals surface area contributed by atoms with Gasteiger partial charge in [0.1, 0.15) is 12.4 Å². The van der Waals surface area contributed by atoms with Crippen molar-refractivity contribution in [3.63, 3.8) is 0 Å². The van der Waals surface area contributed by atoms with Gasteiger partial charge in [-0.15, -0.1) is 0 Å². The van der Waals surface area contributed by atoms with Gasteiger partial charge in [0.2, 0.25) is 10.0 Å². The van der Waals surface area contributed by atoms with E-state index in [4.69, 9.17) is 27.9 Å². The molecule has 0 N–H and O–H groups in total. The third-order valence-electron chi connectivity index (χ3n) is 4.11. The summed E-state index contributed by atoms with van der Waals surface area (Å²) < 4.78 is 44.4. The Morgan fingerprint density at radius 3 is 2.30 bits per heavy atom. The van der Waals surface area contributed by atoms with Crippen LogP contribution in [0.3, 0.4) is 0 Å². The van der Waals surface area contributed by atoms with Gasteiger partial charge in [-0.25, -0.2) is 12.8 Å². The SMILES string of the molecule is CN(Cc1c(F)cccc1Cl)C(=O)COC(=O)CN(C)S(=O)(=O)c1ccc(Cl)cc1. The van der Waals surface area contributed by atoms with E-state index in [0.717, 1.165) is 9.21 Å². The molecule has 0 fully saturated rings. The van der Waals surface area contributed by atoms with Crippen molar-refractivity contribution in [1.82, 2.24) is 9.21 Å². The van der Waals surface area contributed by atoms with Crippen molar-refractivity contribution in [3.8, 4) is 0 Å². The summed E-state index contributed by atoms with van der Waals surface area (Å²) in [6.07, 6.45) is 0. The van der Waals surface area contributed by atoms with Gasteiger partial charge in [-0.1, -0.05) is 29.3 Å². The predicted octanol–water partition coefficient (Wildman–Crippen LogP) is 2.95. The average molecular weight is 477 g/mol. The minimum atomic E-state index is -3.93. The van der Waals surface area contributed by atoms with Gasteiger partial charge < -0.3 is 9.64 Å². The minimum Gasteiger partial charge on any atom is -0.455 e. The molecule has 0 radical (unpaired) electrons. The van der Waals surface area contributed by atoms with Crippen LogP contribution in [0.1, 0.15) is 5.56 Å². The summed E-state index contributed by atoms with van der Waals surface area (Å²) in [6.45, 7) is -1.34. The normalized spacial score (nSPS) is 11.4. The van der Waals surface area contributed by atoms with Crippen LogP contribution in [0.5, 0.6) is 0 Å². The Morgan fingerprint density at radius 1 is 1.07 bits per heavy atom. The van der Waals surface area contributed by atoms with E-state index in [1.54, 1.807) is 0 Å². The van der Waals surface area contributed by atoms with Gasteiger partial charge in [0.05, 0.1) is 4.90 Å². The van der Waals surface area contributed by atoms with Crippen molar-refractivity contribution in [1.29, 1.82) is 0 Å². The van der Waals surface area contributed by atoms with Crippen molar-refractivity contribution < 1.29 is 27.1 Å². The van der Waals surface area contributed by atoms with Crippen LogP contribution in [0.25, 0.3) is 0 Å². The Hall–Kier alpha value is -2.20. The molecule has 0 unspecified atom stereocenters. The molecule has 30 heavy (non-hydrogen) atoms. The second-order valence-corrected chi connectivity index (χ2v) is 9.21. The zero-order valence-electron chi connectivity index (χ0n) is 16.1. The van der Waals surface area contributed by atoms with E-state index in [2.05, 4.69) is 0 Å². The fraction of sp³-hybridized carbons (Fsp3) is 0.263. The fourth-order valence-corrected chi connectivity index (χ4v) is 3.82. The summed E-state index contributed by atoms with van der Waals surface area (Å²) in [5, 5.41) is 0.538. The molecule has 0 heterocycles. The van der Waals surface area contributed by atoms with E-state index < -0.39 is 40.9 Å². The monoisotopic (exact) mass is 476 g/mol. The maximum Gasteiger partial charge on any atom is 0.321 e. The molecule has 0 aromatic heterocycles. The Balaban J connectivity index is 1.90. The number of halogens is 3. The summed E-state index contributed by atoms with van der Waals surface area (Å²) in [6, 6.07) is 9.61. The van der Waals surface area contributed by atoms with E-state index in [9.17, 15) is 22.4 Å². The van der Waals surface area contributed by atoms with Crippen LogP contribution in [-0.2, 0) is 30.9 Å². The standard InChI is InChI=1S/C19H19Cl2FN2O5S/c1-23(10-15-16(21)4-3-5-17(15)22)18(25)12-29-19(26)11-24(2)30(27,28)14-8-6-13(20)7-9-14/h3-9H,10-12H2,1-2H3. The van der Waals surface area contributed by atoms with Gasteiger partial charge in [-0.3, -0.25) is 9.59 Å². The molecule has 0 aliphatic rings. The van der Waals surface area contributed by atoms with Gasteiger partial charge in [0, 0.05) is 36.2 Å². The molecule has 2 aromatic carbocycles. The van der Waals surface area contributed by atoms with Crippen molar-refractivity contribution in [2.75, 3.05) is 27.2 Å². The number of rotatable bonds is 8. The van der Waals surface area contributed by atoms with E-state index in [1.165, 1.54) is 56.6 Å². The minimum absolute atomic E-state index is 0.0419. The number of hydrogen-bond donors (Lipinski definition) is 0. The second kappa shape index (κ2) is 10.2. The highest BCUT2D eigenvalue weighted by Crippen LogP contribution is 2.20. The van der Waals surface area contributed by atoms with Gasteiger partial charge in [-0.2, -0.15) is 4.31 Å². The summed E-state index contributed by atoms with van der Waals surface area (Å²) in [5.74, 6) is -2.08. The number of likely N-dealkylation sites (N-methyl/N-ethyl adjacent to an activating group) is 2. The van der Waals surface area contributed by atoms with Crippen LogP contribution >= 0.6 is 23.2 Å². The summed E-state index contributed by atoms with van der Waals surface area (Å²) >= 11 is 11.7. The van der Waals surface area contributed by atoms with E-state index in [0.29, 0.717) is 5.02 Å². The van der Waals surface area contributed by atoms with Crippen molar-refractivity contribution in [3.05, 3.63) is 63.9 Å². The zero-order chi connectivity index (χ0) is 22.5. The number of amides is 1. The maximum absolute atomic E-state index is 13.8. The average Bonchev–Trinajstić information content (AvgIpc) is 2.69. The molecule has 0 saturated carbocycles. The number of carbonyl (C=O) groups is 2. The van der Waals surface area contributed by atoms with Crippen LogP contribution in [0.2, 0.25) is 10.0 Å². The molecular formula is C19H19Cl2FN2O5S. The number of esters is 1. The number of nitrogens with zero attached hydrogens (tertiary/aromatic N) is 2. The Bertz CT molecular complexity index is 1010. The molecule has 7 nitrogen and oxygen atoms in total. The van der Waals surface area contributed by atoms with E-state index in [-0.39, 0.29) is 22.0 Å². The summed E-state index contributed by atoms with van der Waals surface area (Å²) in [4.78, 5) is 25.2. The molecule has 0 saturated heterocycles. The quantitative estimate of drug-likeness (QED) is 0.546. The third-order valence-corrected chi connectivity index (χ3v) is 6.54. The second-order valence-electron chi connectivity index (χ2n) is 6.33.